The first-order valence-electron chi connectivity index (χ1n) is 5.64. The highest BCUT2D eigenvalue weighted by atomic mass is 16.5. The third-order valence-corrected chi connectivity index (χ3v) is 2.88. The highest BCUT2D eigenvalue weighted by molar-refractivity contribution is 4.68. The fourth-order valence-corrected chi connectivity index (χ4v) is 1.98. The summed E-state index contributed by atoms with van der Waals surface area (Å²) in [5.74, 6) is 0. The van der Waals surface area contributed by atoms with E-state index in [1.807, 2.05) is 7.05 Å². The lowest BCUT2D eigenvalue weighted by Crippen LogP contribution is -2.30. The molecule has 0 aromatic carbocycles. The number of hydrogen-bond donors (Lipinski definition) is 1. The van der Waals surface area contributed by atoms with Crippen LogP contribution >= 0.6 is 0 Å². The molecule has 84 valence electrons. The fourth-order valence-electron chi connectivity index (χ4n) is 1.98. The number of likely N-dealkylation sites (N-methyl/N-ethyl adjacent to an activating group) is 1. The fraction of sp³-hybridized carbons (Fsp3) is 1.00. The summed E-state index contributed by atoms with van der Waals surface area (Å²) in [6.07, 6.45) is 6.67. The smallest absolute Gasteiger partial charge is 0.0615 e. The predicted molar refractivity (Wildman–Crippen MR) is 57.5 cm³/mol. The summed E-state index contributed by atoms with van der Waals surface area (Å²) in [6.45, 7) is 1.78. The second-order valence-corrected chi connectivity index (χ2v) is 4.01. The van der Waals surface area contributed by atoms with Crippen molar-refractivity contribution in [3.8, 4) is 0 Å². The average molecular weight is 201 g/mol. The molecule has 0 saturated carbocycles. The van der Waals surface area contributed by atoms with E-state index in [-0.39, 0.29) is 0 Å². The van der Waals surface area contributed by atoms with E-state index in [0.717, 1.165) is 13.2 Å². The van der Waals surface area contributed by atoms with Gasteiger partial charge in [0.15, 0.2) is 0 Å². The molecule has 14 heavy (non-hydrogen) atoms. The molecule has 1 heterocycles. The van der Waals surface area contributed by atoms with Gasteiger partial charge in [0.25, 0.3) is 0 Å². The number of rotatable bonds is 7. The van der Waals surface area contributed by atoms with E-state index in [1.165, 1.54) is 32.1 Å². The molecule has 1 fully saturated rings. The molecule has 0 aliphatic carbocycles. The second-order valence-electron chi connectivity index (χ2n) is 4.01. The van der Waals surface area contributed by atoms with Crippen molar-refractivity contribution < 1.29 is 9.47 Å². The molecule has 0 aromatic rings. The van der Waals surface area contributed by atoms with Crippen LogP contribution in [-0.2, 0) is 9.47 Å². The summed E-state index contributed by atoms with van der Waals surface area (Å²) in [6, 6.07) is 0.501. The number of methoxy groups -OCH3 is 1. The molecular formula is C11H23NO2. The number of ether oxygens (including phenoxy) is 2. The molecule has 0 bridgehead atoms. The minimum atomic E-state index is 0.501. The van der Waals surface area contributed by atoms with Crippen molar-refractivity contribution in [1.29, 1.82) is 0 Å². The maximum absolute atomic E-state index is 5.58. The molecule has 1 N–H and O–H groups in total. The summed E-state index contributed by atoms with van der Waals surface area (Å²) in [5, 5.41) is 3.26. The quantitative estimate of drug-likeness (QED) is 0.678. The monoisotopic (exact) mass is 201 g/mol. The van der Waals surface area contributed by atoms with Gasteiger partial charge in [0, 0.05) is 19.8 Å². The van der Waals surface area contributed by atoms with Gasteiger partial charge in [-0.3, -0.25) is 0 Å². The second kappa shape index (κ2) is 7.21. The van der Waals surface area contributed by atoms with E-state index < -0.39 is 0 Å². The minimum absolute atomic E-state index is 0.501. The first-order chi connectivity index (χ1) is 6.86. The SMILES string of the molecule is CNC(CCCC1CCCO1)COC. The van der Waals surface area contributed by atoms with E-state index in [2.05, 4.69) is 5.32 Å². The molecule has 3 nitrogen and oxygen atoms in total. The van der Waals surface area contributed by atoms with E-state index in [0.29, 0.717) is 12.1 Å². The Morgan fingerprint density at radius 3 is 3.00 bits per heavy atom. The maximum atomic E-state index is 5.58. The number of hydrogen-bond acceptors (Lipinski definition) is 3. The minimum Gasteiger partial charge on any atom is -0.383 e. The van der Waals surface area contributed by atoms with Crippen molar-refractivity contribution in [2.45, 2.75) is 44.2 Å². The normalized spacial score (nSPS) is 24.0. The summed E-state index contributed by atoms with van der Waals surface area (Å²) in [5.41, 5.74) is 0. The van der Waals surface area contributed by atoms with Crippen molar-refractivity contribution in [2.75, 3.05) is 27.4 Å². The Bertz CT molecular complexity index is 135. The lowest BCUT2D eigenvalue weighted by molar-refractivity contribution is 0.0990. The van der Waals surface area contributed by atoms with Crippen LogP contribution in [0.4, 0.5) is 0 Å². The van der Waals surface area contributed by atoms with Gasteiger partial charge in [-0.2, -0.15) is 0 Å². The molecule has 1 aliphatic rings. The van der Waals surface area contributed by atoms with Gasteiger partial charge < -0.3 is 14.8 Å². The van der Waals surface area contributed by atoms with Crippen LogP contribution in [-0.4, -0.2) is 39.5 Å². The van der Waals surface area contributed by atoms with Gasteiger partial charge in [-0.25, -0.2) is 0 Å². The van der Waals surface area contributed by atoms with Crippen molar-refractivity contribution in [3.05, 3.63) is 0 Å². The molecular weight excluding hydrogens is 178 g/mol. The van der Waals surface area contributed by atoms with E-state index in [9.17, 15) is 0 Å². The third kappa shape index (κ3) is 4.40. The molecule has 0 amide bonds. The Hall–Kier alpha value is -0.120. The zero-order valence-electron chi connectivity index (χ0n) is 9.42. The standard InChI is InChI=1S/C11H23NO2/c1-12-10(9-13-2)5-3-6-11-7-4-8-14-11/h10-12H,3-9H2,1-2H3. The van der Waals surface area contributed by atoms with Crippen LogP contribution in [0.15, 0.2) is 0 Å². The van der Waals surface area contributed by atoms with Crippen LogP contribution in [0.1, 0.15) is 32.1 Å². The van der Waals surface area contributed by atoms with Crippen LogP contribution in [0.2, 0.25) is 0 Å². The van der Waals surface area contributed by atoms with Gasteiger partial charge in [0.1, 0.15) is 0 Å². The van der Waals surface area contributed by atoms with Gasteiger partial charge in [0.2, 0.25) is 0 Å². The van der Waals surface area contributed by atoms with Crippen LogP contribution in [0.25, 0.3) is 0 Å². The summed E-state index contributed by atoms with van der Waals surface area (Å²) < 4.78 is 10.7. The Balaban J connectivity index is 2.00. The largest absolute Gasteiger partial charge is 0.383 e. The van der Waals surface area contributed by atoms with Gasteiger partial charge in [-0.05, 0) is 39.2 Å². The lowest BCUT2D eigenvalue weighted by atomic mass is 10.1. The third-order valence-electron chi connectivity index (χ3n) is 2.88. The molecule has 2 atom stereocenters. The van der Waals surface area contributed by atoms with Gasteiger partial charge in [0.05, 0.1) is 12.7 Å². The summed E-state index contributed by atoms with van der Waals surface area (Å²) in [7, 11) is 3.75. The molecule has 0 radical (unpaired) electrons. The van der Waals surface area contributed by atoms with Crippen molar-refractivity contribution in [1.82, 2.24) is 5.32 Å². The molecule has 3 heteroatoms. The molecule has 1 rings (SSSR count). The van der Waals surface area contributed by atoms with Gasteiger partial charge in [-0.15, -0.1) is 0 Å². The van der Waals surface area contributed by atoms with E-state index >= 15 is 0 Å². The Morgan fingerprint density at radius 1 is 1.57 bits per heavy atom. The topological polar surface area (TPSA) is 30.5 Å². The highest BCUT2D eigenvalue weighted by Gasteiger charge is 2.15. The molecule has 0 spiro atoms. The van der Waals surface area contributed by atoms with E-state index in [4.69, 9.17) is 9.47 Å². The van der Waals surface area contributed by atoms with Crippen molar-refractivity contribution >= 4 is 0 Å². The Morgan fingerprint density at radius 2 is 2.43 bits per heavy atom. The van der Waals surface area contributed by atoms with E-state index in [1.54, 1.807) is 7.11 Å². The van der Waals surface area contributed by atoms with Crippen LogP contribution in [0, 0.1) is 0 Å². The first kappa shape index (κ1) is 12.0. The zero-order valence-corrected chi connectivity index (χ0v) is 9.42. The van der Waals surface area contributed by atoms with Crippen molar-refractivity contribution in [3.63, 3.8) is 0 Å². The van der Waals surface area contributed by atoms with Crippen LogP contribution in [0.3, 0.4) is 0 Å². The first-order valence-corrected chi connectivity index (χ1v) is 5.64. The zero-order chi connectivity index (χ0) is 10.2. The maximum Gasteiger partial charge on any atom is 0.0615 e. The molecule has 2 unspecified atom stereocenters. The van der Waals surface area contributed by atoms with Crippen LogP contribution < -0.4 is 5.32 Å². The molecule has 1 saturated heterocycles. The molecule has 0 aromatic heterocycles. The Kier molecular flexibility index (Phi) is 6.15. The van der Waals surface area contributed by atoms with Crippen molar-refractivity contribution in [2.24, 2.45) is 0 Å². The number of nitrogens with one attached hydrogen (secondary N) is 1. The summed E-state index contributed by atoms with van der Waals surface area (Å²) >= 11 is 0. The van der Waals surface area contributed by atoms with Gasteiger partial charge >= 0.3 is 0 Å². The highest BCUT2D eigenvalue weighted by Crippen LogP contribution is 2.18. The molecule has 1 aliphatic heterocycles. The average Bonchev–Trinajstić information content (AvgIpc) is 2.69. The van der Waals surface area contributed by atoms with Crippen LogP contribution in [0.5, 0.6) is 0 Å². The lowest BCUT2D eigenvalue weighted by Gasteiger charge is -2.16. The predicted octanol–water partition coefficient (Wildman–Crippen LogP) is 1.57. The van der Waals surface area contributed by atoms with Gasteiger partial charge in [-0.1, -0.05) is 0 Å². The Labute approximate surface area is 87.2 Å². The summed E-state index contributed by atoms with van der Waals surface area (Å²) in [4.78, 5) is 0.